The maximum atomic E-state index is 2.71. The van der Waals surface area contributed by atoms with E-state index in [2.05, 4.69) is 90.0 Å². The van der Waals surface area contributed by atoms with Gasteiger partial charge in [0.1, 0.15) is 0 Å². The van der Waals surface area contributed by atoms with Gasteiger partial charge in [-0.25, -0.2) is 0 Å². The van der Waals surface area contributed by atoms with Gasteiger partial charge < -0.3 is 0 Å². The van der Waals surface area contributed by atoms with E-state index < -0.39 is 25.4 Å². The second kappa shape index (κ2) is 6.64. The van der Waals surface area contributed by atoms with Gasteiger partial charge >= 0.3 is 175 Å². The summed E-state index contributed by atoms with van der Waals surface area (Å²) < 4.78 is 6.21. The molecule has 0 fully saturated rings. The van der Waals surface area contributed by atoms with Crippen LogP contribution in [0.5, 0.6) is 0 Å². The summed E-state index contributed by atoms with van der Waals surface area (Å²) in [5.41, 5.74) is 9.52. The fourth-order valence-corrected chi connectivity index (χ4v) is 19.6. The van der Waals surface area contributed by atoms with Crippen molar-refractivity contribution in [3.8, 4) is 0 Å². The molecule has 5 rings (SSSR count). The Bertz CT molecular complexity index is 1120. The number of fused-ring (bicyclic) bond motifs is 1. The second-order valence-corrected chi connectivity index (χ2v) is 39.8. The van der Waals surface area contributed by atoms with Crippen molar-refractivity contribution >= 4 is 22.8 Å². The van der Waals surface area contributed by atoms with Crippen LogP contribution in [0.4, 0.5) is 0 Å². The van der Waals surface area contributed by atoms with Crippen LogP contribution >= 0.6 is 0 Å². The molecule has 0 aliphatic heterocycles. The summed E-state index contributed by atoms with van der Waals surface area (Å²) >= 11 is -2.12. The van der Waals surface area contributed by atoms with E-state index >= 15 is 0 Å². The van der Waals surface area contributed by atoms with Crippen LogP contribution in [0.3, 0.4) is 0 Å². The standard InChI is InChI=1S/C22H17.C2H7Si.2CH3.Zr/c1-14-11-16-7-4-9-18(20(16)12-14)21-13-17-8-2-5-15-6-3-10-19(21)22(15)17;1-3-2;;;/h2-12,21H,13H2,1H3;3H,1-2H3;2*1H3;. The predicted molar refractivity (Wildman–Crippen MR) is 123 cm³/mol. The van der Waals surface area contributed by atoms with Gasteiger partial charge in [-0.3, -0.25) is 0 Å². The number of allylic oxidation sites excluding steroid dienone is 1. The van der Waals surface area contributed by atoms with Gasteiger partial charge in [0.25, 0.3) is 0 Å². The second-order valence-electron chi connectivity index (χ2n) is 9.77. The van der Waals surface area contributed by atoms with Gasteiger partial charge in [0.15, 0.2) is 0 Å². The van der Waals surface area contributed by atoms with Crippen LogP contribution in [-0.4, -0.2) is 5.92 Å². The van der Waals surface area contributed by atoms with Crippen LogP contribution in [0.1, 0.15) is 44.3 Å². The fourth-order valence-electron chi connectivity index (χ4n) is 5.72. The van der Waals surface area contributed by atoms with E-state index in [0.29, 0.717) is 5.92 Å². The molecule has 2 heteroatoms. The zero-order valence-corrected chi connectivity index (χ0v) is 21.3. The summed E-state index contributed by atoms with van der Waals surface area (Å²) in [6, 6.07) is 20.9. The topological polar surface area (TPSA) is 0 Å². The molecule has 0 saturated carbocycles. The van der Waals surface area contributed by atoms with Crippen molar-refractivity contribution in [3.63, 3.8) is 0 Å². The van der Waals surface area contributed by atoms with Crippen LogP contribution in [0.2, 0.25) is 22.4 Å². The average molecular weight is 462 g/mol. The molecule has 0 amide bonds. The Morgan fingerprint density at radius 2 is 1.50 bits per heavy atom. The molecule has 2 aliphatic carbocycles. The van der Waals surface area contributed by atoms with E-state index in [9.17, 15) is 0 Å². The first kappa shape index (κ1) is 18.8. The first-order valence-electron chi connectivity index (χ1n) is 10.7. The maximum absolute atomic E-state index is 2.71. The molecule has 3 aromatic carbocycles. The molecular formula is C26H30SiZr. The number of rotatable bonds is 3. The molecule has 0 heterocycles. The third-order valence-corrected chi connectivity index (χ3v) is 40.2. The Labute approximate surface area is 174 Å². The van der Waals surface area contributed by atoms with Crippen molar-refractivity contribution in [2.45, 2.75) is 45.2 Å². The average Bonchev–Trinajstić information content (AvgIpc) is 3.21. The number of benzene rings is 3. The Hall–Kier alpha value is -1.24. The zero-order chi connectivity index (χ0) is 19.6. The first-order chi connectivity index (χ1) is 13.4. The van der Waals surface area contributed by atoms with Gasteiger partial charge in [-0.1, -0.05) is 0 Å². The quantitative estimate of drug-likeness (QED) is 0.361. The summed E-state index contributed by atoms with van der Waals surface area (Å²) in [4.78, 5) is 0. The summed E-state index contributed by atoms with van der Waals surface area (Å²) in [5.74, 6) is -0.0810. The number of hydrogen-bond acceptors (Lipinski definition) is 0. The van der Waals surface area contributed by atoms with Crippen molar-refractivity contribution < 1.29 is 19.4 Å². The number of hydrogen-bond donors (Lipinski definition) is 0. The Balaban J connectivity index is 1.67. The third-order valence-electron chi connectivity index (χ3n) is 7.74. The van der Waals surface area contributed by atoms with Crippen LogP contribution in [0, 0.1) is 0 Å². The normalized spacial score (nSPS) is 20.7. The molecule has 28 heavy (non-hydrogen) atoms. The van der Waals surface area contributed by atoms with E-state index in [1.54, 1.807) is 22.3 Å². The van der Waals surface area contributed by atoms with Crippen molar-refractivity contribution in [2.24, 2.45) is 0 Å². The van der Waals surface area contributed by atoms with Gasteiger partial charge in [0.05, 0.1) is 0 Å². The fraction of sp³-hybridized carbons (Fsp3) is 0.308. The van der Waals surface area contributed by atoms with E-state index in [-0.39, 0.29) is 0 Å². The molecule has 2 atom stereocenters. The zero-order valence-electron chi connectivity index (χ0n) is 17.7. The predicted octanol–water partition coefficient (Wildman–Crippen LogP) is 7.22. The van der Waals surface area contributed by atoms with E-state index in [4.69, 9.17) is 0 Å². The summed E-state index contributed by atoms with van der Waals surface area (Å²) in [6.07, 6.45) is 3.71. The molecule has 0 bridgehead atoms. The monoisotopic (exact) mass is 460 g/mol. The SMILES string of the molecule is CC1=Cc2c(C3Cc4cccc5cccc3c45)cccc2[CH]1[Zr]([CH3])([CH3])[SiH](C)C. The first-order valence-corrected chi connectivity index (χ1v) is 24.2. The molecule has 142 valence electrons. The summed E-state index contributed by atoms with van der Waals surface area (Å²) in [7, 11) is 0. The van der Waals surface area contributed by atoms with Crippen LogP contribution in [0.15, 0.2) is 60.2 Å². The molecule has 0 N–H and O–H groups in total. The summed E-state index contributed by atoms with van der Waals surface area (Å²) in [5, 5.41) is 2.91. The van der Waals surface area contributed by atoms with Crippen LogP contribution in [-0.2, 0) is 25.8 Å². The van der Waals surface area contributed by atoms with Gasteiger partial charge in [-0.15, -0.1) is 0 Å². The molecule has 3 aromatic rings. The van der Waals surface area contributed by atoms with Gasteiger partial charge in [0, 0.05) is 0 Å². The van der Waals surface area contributed by atoms with Crippen LogP contribution in [0.25, 0.3) is 16.8 Å². The molecule has 0 saturated heterocycles. The van der Waals surface area contributed by atoms with Crippen molar-refractivity contribution in [1.29, 1.82) is 0 Å². The molecule has 0 radical (unpaired) electrons. The van der Waals surface area contributed by atoms with Crippen molar-refractivity contribution in [2.75, 3.05) is 0 Å². The minimum atomic E-state index is -2.12. The van der Waals surface area contributed by atoms with E-state index in [1.807, 2.05) is 0 Å². The Morgan fingerprint density at radius 1 is 0.857 bits per heavy atom. The molecular weight excluding hydrogens is 432 g/mol. The Morgan fingerprint density at radius 3 is 2.25 bits per heavy atom. The van der Waals surface area contributed by atoms with E-state index in [1.165, 1.54) is 21.9 Å². The summed E-state index contributed by atoms with van der Waals surface area (Å²) in [6.45, 7) is 7.60. The third kappa shape index (κ3) is 2.64. The Kier molecular flexibility index (Phi) is 4.45. The van der Waals surface area contributed by atoms with E-state index in [0.717, 1.165) is 10.0 Å². The molecule has 2 aliphatic rings. The molecule has 2 unspecified atom stereocenters. The van der Waals surface area contributed by atoms with Crippen molar-refractivity contribution in [1.82, 2.24) is 0 Å². The van der Waals surface area contributed by atoms with Crippen LogP contribution < -0.4 is 0 Å². The van der Waals surface area contributed by atoms with Gasteiger partial charge in [-0.05, 0) is 0 Å². The van der Waals surface area contributed by atoms with Gasteiger partial charge in [0.2, 0.25) is 0 Å². The molecule has 0 nitrogen and oxygen atoms in total. The van der Waals surface area contributed by atoms with Crippen molar-refractivity contribution in [3.05, 3.63) is 88.0 Å². The van der Waals surface area contributed by atoms with Gasteiger partial charge in [-0.2, -0.15) is 0 Å². The molecule has 0 spiro atoms. The molecule has 0 aromatic heterocycles. The minimum absolute atomic E-state index is 0.508.